The lowest BCUT2D eigenvalue weighted by Gasteiger charge is -2.35. The standard InChI is InChI=1S/C16H14FNO.C8H16O2/c17-14-7-5-13(6-8-14)16-15-4-2-1-3-12(15)9-10-18(16)11-19;1-3-9-8-5-4-7(2)10-6-8/h1-8,11,16H,9-10H2;7-8H,3-6H2,1-2H3/t16-;7-,8?/m00/s1. The Morgan fingerprint density at radius 3 is 2.59 bits per heavy atom. The van der Waals surface area contributed by atoms with E-state index in [-0.39, 0.29) is 11.9 Å². The van der Waals surface area contributed by atoms with E-state index < -0.39 is 0 Å². The Kier molecular flexibility index (Phi) is 7.78. The number of carbonyl (C=O) groups is 1. The molecule has 0 spiro atoms. The van der Waals surface area contributed by atoms with Crippen molar-refractivity contribution in [3.63, 3.8) is 0 Å². The first kappa shape index (κ1) is 21.5. The molecule has 2 heterocycles. The maximum atomic E-state index is 13.0. The van der Waals surface area contributed by atoms with Gasteiger partial charge in [-0.15, -0.1) is 0 Å². The van der Waals surface area contributed by atoms with Gasteiger partial charge in [0.1, 0.15) is 5.82 Å². The third-order valence-corrected chi connectivity index (χ3v) is 5.51. The van der Waals surface area contributed by atoms with Gasteiger partial charge in [0.15, 0.2) is 0 Å². The molecule has 4 rings (SSSR count). The predicted molar refractivity (Wildman–Crippen MR) is 111 cm³/mol. The van der Waals surface area contributed by atoms with E-state index in [0.29, 0.717) is 18.8 Å². The molecule has 29 heavy (non-hydrogen) atoms. The highest BCUT2D eigenvalue weighted by Gasteiger charge is 2.27. The molecule has 3 atom stereocenters. The summed E-state index contributed by atoms with van der Waals surface area (Å²) in [4.78, 5) is 13.0. The zero-order valence-corrected chi connectivity index (χ0v) is 17.2. The van der Waals surface area contributed by atoms with Crippen LogP contribution in [0.5, 0.6) is 0 Å². The van der Waals surface area contributed by atoms with Crippen molar-refractivity contribution in [2.45, 2.75) is 51.4 Å². The lowest BCUT2D eigenvalue weighted by molar-refractivity contribution is -0.119. The molecule has 1 fully saturated rings. The van der Waals surface area contributed by atoms with Gasteiger partial charge in [0.2, 0.25) is 6.41 Å². The fraction of sp³-hybridized carbons (Fsp3) is 0.458. The van der Waals surface area contributed by atoms with Crippen LogP contribution in [0.25, 0.3) is 0 Å². The fourth-order valence-corrected chi connectivity index (χ4v) is 3.94. The van der Waals surface area contributed by atoms with Crippen molar-refractivity contribution < 1.29 is 18.7 Å². The van der Waals surface area contributed by atoms with E-state index >= 15 is 0 Å². The van der Waals surface area contributed by atoms with Crippen LogP contribution in [0.15, 0.2) is 48.5 Å². The highest BCUT2D eigenvalue weighted by atomic mass is 19.1. The molecule has 0 aromatic heterocycles. The van der Waals surface area contributed by atoms with Crippen LogP contribution in [-0.4, -0.2) is 43.3 Å². The van der Waals surface area contributed by atoms with E-state index in [1.54, 1.807) is 17.0 Å². The molecular formula is C24H30FNO3. The molecule has 2 aromatic rings. The van der Waals surface area contributed by atoms with Crippen molar-refractivity contribution in [1.82, 2.24) is 4.90 Å². The van der Waals surface area contributed by atoms with Gasteiger partial charge in [-0.05, 0) is 61.9 Å². The summed E-state index contributed by atoms with van der Waals surface area (Å²) in [5.41, 5.74) is 3.34. The van der Waals surface area contributed by atoms with Gasteiger partial charge in [-0.25, -0.2) is 4.39 Å². The molecule has 156 valence electrons. The zero-order chi connectivity index (χ0) is 20.6. The van der Waals surface area contributed by atoms with Gasteiger partial charge >= 0.3 is 0 Å². The Hall–Kier alpha value is -2.24. The lowest BCUT2D eigenvalue weighted by Crippen LogP contribution is -2.34. The first-order valence-corrected chi connectivity index (χ1v) is 10.4. The van der Waals surface area contributed by atoms with Crippen molar-refractivity contribution in [3.05, 3.63) is 71.0 Å². The van der Waals surface area contributed by atoms with Crippen LogP contribution in [0.1, 0.15) is 49.4 Å². The predicted octanol–water partition coefficient (Wildman–Crippen LogP) is 4.52. The minimum Gasteiger partial charge on any atom is -0.376 e. The maximum absolute atomic E-state index is 13.0. The molecule has 4 nitrogen and oxygen atoms in total. The van der Waals surface area contributed by atoms with Gasteiger partial charge in [0, 0.05) is 13.2 Å². The average molecular weight is 400 g/mol. The Labute approximate surface area is 172 Å². The molecule has 2 aliphatic rings. The first-order chi connectivity index (χ1) is 14.1. The zero-order valence-electron chi connectivity index (χ0n) is 17.2. The third kappa shape index (κ3) is 5.64. The van der Waals surface area contributed by atoms with Gasteiger partial charge in [0.05, 0.1) is 24.9 Å². The smallest absolute Gasteiger partial charge is 0.210 e. The second kappa shape index (κ2) is 10.5. The molecule has 0 saturated carbocycles. The Morgan fingerprint density at radius 2 is 1.93 bits per heavy atom. The minimum absolute atomic E-state index is 0.108. The number of fused-ring (bicyclic) bond motifs is 1. The highest BCUT2D eigenvalue weighted by molar-refractivity contribution is 5.54. The molecule has 5 heteroatoms. The van der Waals surface area contributed by atoms with Crippen LogP contribution in [0.3, 0.4) is 0 Å². The van der Waals surface area contributed by atoms with Crippen molar-refractivity contribution >= 4 is 6.41 Å². The van der Waals surface area contributed by atoms with Gasteiger partial charge in [-0.3, -0.25) is 4.79 Å². The van der Waals surface area contributed by atoms with Crippen LogP contribution in [-0.2, 0) is 20.7 Å². The van der Waals surface area contributed by atoms with Gasteiger partial charge in [-0.2, -0.15) is 0 Å². The van der Waals surface area contributed by atoms with E-state index in [9.17, 15) is 9.18 Å². The molecule has 1 saturated heterocycles. The number of nitrogens with zero attached hydrogens (tertiary/aromatic N) is 1. The van der Waals surface area contributed by atoms with Crippen molar-refractivity contribution in [2.24, 2.45) is 0 Å². The highest BCUT2D eigenvalue weighted by Crippen LogP contribution is 2.34. The molecule has 2 aliphatic heterocycles. The first-order valence-electron chi connectivity index (χ1n) is 10.4. The average Bonchev–Trinajstić information content (AvgIpc) is 2.76. The monoisotopic (exact) mass is 399 g/mol. The summed E-state index contributed by atoms with van der Waals surface area (Å²) < 4.78 is 23.9. The number of hydrogen-bond acceptors (Lipinski definition) is 3. The maximum Gasteiger partial charge on any atom is 0.210 e. The largest absolute Gasteiger partial charge is 0.376 e. The lowest BCUT2D eigenvalue weighted by atomic mass is 9.88. The molecule has 1 amide bonds. The van der Waals surface area contributed by atoms with Crippen LogP contribution in [0.2, 0.25) is 0 Å². The molecule has 2 aromatic carbocycles. The number of halogens is 1. The summed E-state index contributed by atoms with van der Waals surface area (Å²) in [5, 5.41) is 0. The summed E-state index contributed by atoms with van der Waals surface area (Å²) >= 11 is 0. The number of rotatable bonds is 4. The number of ether oxygens (including phenoxy) is 2. The summed E-state index contributed by atoms with van der Waals surface area (Å²) in [6, 6.07) is 14.4. The summed E-state index contributed by atoms with van der Waals surface area (Å²) in [5.74, 6) is -0.259. The quantitative estimate of drug-likeness (QED) is 0.710. The van der Waals surface area contributed by atoms with Crippen molar-refractivity contribution in [2.75, 3.05) is 19.8 Å². The minimum atomic E-state index is -0.259. The van der Waals surface area contributed by atoms with E-state index in [2.05, 4.69) is 13.0 Å². The number of hydrogen-bond donors (Lipinski definition) is 0. The topological polar surface area (TPSA) is 38.8 Å². The van der Waals surface area contributed by atoms with E-state index in [0.717, 1.165) is 50.0 Å². The van der Waals surface area contributed by atoms with Crippen LogP contribution < -0.4 is 0 Å². The Morgan fingerprint density at radius 1 is 1.17 bits per heavy atom. The Bertz CT molecular complexity index is 772. The summed E-state index contributed by atoms with van der Waals surface area (Å²) in [6.45, 7) is 6.43. The summed E-state index contributed by atoms with van der Waals surface area (Å²) in [7, 11) is 0. The number of benzene rings is 2. The van der Waals surface area contributed by atoms with Crippen molar-refractivity contribution in [1.29, 1.82) is 0 Å². The SMILES string of the molecule is CCOC1CC[C@H](C)OC1.O=CN1CCc2ccccc2[C@@H]1c1ccc(F)cc1. The van der Waals surface area contributed by atoms with Gasteiger partial charge < -0.3 is 14.4 Å². The normalized spacial score (nSPS) is 23.6. The molecule has 0 aliphatic carbocycles. The third-order valence-electron chi connectivity index (χ3n) is 5.51. The van der Waals surface area contributed by atoms with Gasteiger partial charge in [0.25, 0.3) is 0 Å². The second-order valence-corrected chi connectivity index (χ2v) is 7.54. The molecule has 0 bridgehead atoms. The molecule has 1 unspecified atom stereocenters. The Balaban J connectivity index is 0.000000204. The number of carbonyl (C=O) groups excluding carboxylic acids is 1. The summed E-state index contributed by atoms with van der Waals surface area (Å²) in [6.07, 6.45) is 4.86. The molecular weight excluding hydrogens is 369 g/mol. The van der Waals surface area contributed by atoms with Crippen LogP contribution in [0.4, 0.5) is 4.39 Å². The molecule has 0 radical (unpaired) electrons. The van der Waals surface area contributed by atoms with E-state index in [4.69, 9.17) is 9.47 Å². The molecule has 0 N–H and O–H groups in total. The van der Waals surface area contributed by atoms with Crippen molar-refractivity contribution in [3.8, 4) is 0 Å². The fourth-order valence-electron chi connectivity index (χ4n) is 3.94. The van der Waals surface area contributed by atoms with Crippen LogP contribution in [0, 0.1) is 5.82 Å². The van der Waals surface area contributed by atoms with E-state index in [1.165, 1.54) is 17.7 Å². The van der Waals surface area contributed by atoms with Gasteiger partial charge in [-0.1, -0.05) is 36.4 Å². The second-order valence-electron chi connectivity index (χ2n) is 7.54. The van der Waals surface area contributed by atoms with Crippen LogP contribution >= 0.6 is 0 Å². The van der Waals surface area contributed by atoms with E-state index in [1.807, 2.05) is 25.1 Å². The number of amides is 1.